The van der Waals surface area contributed by atoms with Gasteiger partial charge >= 0.3 is 0 Å². The number of benzene rings is 1. The van der Waals surface area contributed by atoms with Crippen LogP contribution in [0.1, 0.15) is 18.1 Å². The van der Waals surface area contributed by atoms with E-state index in [0.29, 0.717) is 58.1 Å². The summed E-state index contributed by atoms with van der Waals surface area (Å²) in [6.45, 7) is 3.40. The Morgan fingerprint density at radius 1 is 1.19 bits per heavy atom. The van der Waals surface area contributed by atoms with Crippen LogP contribution in [0.4, 0.5) is 0 Å². The van der Waals surface area contributed by atoms with Crippen molar-refractivity contribution in [3.05, 3.63) is 38.9 Å². The van der Waals surface area contributed by atoms with Gasteiger partial charge in [-0.25, -0.2) is 0 Å². The lowest BCUT2D eigenvalue weighted by Crippen LogP contribution is -2.39. The van der Waals surface area contributed by atoms with E-state index in [0.717, 1.165) is 13.0 Å². The average molecular weight is 549 g/mol. The second-order valence-corrected chi connectivity index (χ2v) is 6.56. The predicted molar refractivity (Wildman–Crippen MR) is 119 cm³/mol. The van der Waals surface area contributed by atoms with Crippen molar-refractivity contribution in [3.8, 4) is 5.75 Å². The van der Waals surface area contributed by atoms with Crippen LogP contribution in [0.3, 0.4) is 0 Å². The average Bonchev–Trinajstić information content (AvgIpc) is 3.00. The maximum atomic E-state index is 6.07. The topological polar surface area (TPSA) is 84.6 Å². The molecule has 0 radical (unpaired) electrons. The molecule has 11 heteroatoms. The van der Waals surface area contributed by atoms with E-state index in [1.807, 2.05) is 0 Å². The van der Waals surface area contributed by atoms with Gasteiger partial charge in [-0.05, 0) is 25.5 Å². The Kier molecular flexibility index (Phi) is 11.1. The van der Waals surface area contributed by atoms with E-state index in [9.17, 15) is 0 Å². The van der Waals surface area contributed by atoms with Crippen LogP contribution in [0.15, 0.2) is 21.6 Å². The van der Waals surface area contributed by atoms with Gasteiger partial charge in [-0.2, -0.15) is 4.98 Å². The molecule has 0 saturated heterocycles. The van der Waals surface area contributed by atoms with Gasteiger partial charge in [0.1, 0.15) is 6.61 Å². The summed E-state index contributed by atoms with van der Waals surface area (Å²) in [5, 5.41) is 11.3. The van der Waals surface area contributed by atoms with Crippen molar-refractivity contribution in [3.63, 3.8) is 0 Å². The Labute approximate surface area is 190 Å². The SMILES string of the molecule is CN=C(NCCCc1nc(C)no1)NCCOc1c(Cl)cc(Cl)cc1Cl.I. The Hall–Kier alpha value is -0.970. The molecule has 1 aromatic heterocycles. The number of aromatic nitrogens is 2. The van der Waals surface area contributed by atoms with Crippen molar-refractivity contribution < 1.29 is 9.26 Å². The molecular weight excluding hydrogens is 527 g/mol. The van der Waals surface area contributed by atoms with Crippen LogP contribution in [0, 0.1) is 6.92 Å². The minimum atomic E-state index is 0. The Bertz CT molecular complexity index is 734. The number of hydrogen-bond acceptors (Lipinski definition) is 5. The summed E-state index contributed by atoms with van der Waals surface area (Å²) in [5.74, 6) is 2.37. The first-order valence-electron chi connectivity index (χ1n) is 8.00. The third-order valence-corrected chi connectivity index (χ3v) is 4.04. The number of guanidine groups is 1. The van der Waals surface area contributed by atoms with Gasteiger partial charge in [-0.3, -0.25) is 4.99 Å². The molecule has 0 atom stereocenters. The zero-order valence-electron chi connectivity index (χ0n) is 14.9. The number of hydrogen-bond donors (Lipinski definition) is 2. The lowest BCUT2D eigenvalue weighted by Gasteiger charge is -2.13. The zero-order chi connectivity index (χ0) is 18.9. The Balaban J connectivity index is 0.00000364. The zero-order valence-corrected chi connectivity index (χ0v) is 19.5. The first kappa shape index (κ1) is 24.1. The number of nitrogens with one attached hydrogen (secondary N) is 2. The molecule has 7 nitrogen and oxygen atoms in total. The van der Waals surface area contributed by atoms with Crippen LogP contribution in [0.5, 0.6) is 5.75 Å². The summed E-state index contributed by atoms with van der Waals surface area (Å²) in [5.41, 5.74) is 0. The van der Waals surface area contributed by atoms with Crippen molar-refractivity contribution >= 4 is 64.7 Å². The molecule has 2 aromatic rings. The van der Waals surface area contributed by atoms with Gasteiger partial charge in [0.25, 0.3) is 0 Å². The van der Waals surface area contributed by atoms with Crippen LogP contribution >= 0.6 is 58.8 Å². The van der Waals surface area contributed by atoms with Crippen molar-refractivity contribution in [2.75, 3.05) is 26.7 Å². The number of nitrogens with zero attached hydrogens (tertiary/aromatic N) is 3. The maximum absolute atomic E-state index is 6.07. The van der Waals surface area contributed by atoms with E-state index in [4.69, 9.17) is 44.1 Å². The van der Waals surface area contributed by atoms with Crippen molar-refractivity contribution in [2.45, 2.75) is 19.8 Å². The van der Waals surface area contributed by atoms with Crippen molar-refractivity contribution in [1.82, 2.24) is 20.8 Å². The number of rotatable bonds is 8. The van der Waals surface area contributed by atoms with Crippen molar-refractivity contribution in [2.24, 2.45) is 4.99 Å². The lowest BCUT2D eigenvalue weighted by atomic mass is 10.3. The summed E-state index contributed by atoms with van der Waals surface area (Å²) in [7, 11) is 1.70. The van der Waals surface area contributed by atoms with Crippen LogP contribution in [0.25, 0.3) is 0 Å². The normalized spacial score (nSPS) is 11.1. The molecule has 0 aliphatic heterocycles. The predicted octanol–water partition coefficient (Wildman–Crippen LogP) is 4.13. The maximum Gasteiger partial charge on any atom is 0.226 e. The highest BCUT2D eigenvalue weighted by atomic mass is 127. The van der Waals surface area contributed by atoms with E-state index >= 15 is 0 Å². The van der Waals surface area contributed by atoms with Gasteiger partial charge in [0.15, 0.2) is 17.5 Å². The highest BCUT2D eigenvalue weighted by molar-refractivity contribution is 14.0. The second kappa shape index (κ2) is 12.5. The molecule has 2 rings (SSSR count). The van der Waals surface area contributed by atoms with Gasteiger partial charge in [-0.15, -0.1) is 24.0 Å². The fourth-order valence-electron chi connectivity index (χ4n) is 2.10. The van der Waals surface area contributed by atoms with Crippen LogP contribution in [0.2, 0.25) is 15.1 Å². The van der Waals surface area contributed by atoms with Gasteiger partial charge in [0.2, 0.25) is 5.89 Å². The first-order chi connectivity index (χ1) is 12.5. The van der Waals surface area contributed by atoms with E-state index in [1.54, 1.807) is 26.1 Å². The molecule has 0 unspecified atom stereocenters. The fraction of sp³-hybridized carbons (Fsp3) is 0.438. The Morgan fingerprint density at radius 3 is 2.44 bits per heavy atom. The largest absolute Gasteiger partial charge is 0.489 e. The summed E-state index contributed by atoms with van der Waals surface area (Å²) < 4.78 is 10.7. The fourth-order valence-corrected chi connectivity index (χ4v) is 3.02. The Morgan fingerprint density at radius 2 is 1.85 bits per heavy atom. The van der Waals surface area contributed by atoms with Crippen LogP contribution in [-0.2, 0) is 6.42 Å². The standard InChI is InChI=1S/C16H20Cl3N5O2.HI/c1-10-23-14(26-24-10)4-3-5-21-16(20-2)22-6-7-25-15-12(18)8-11(17)9-13(15)19;/h8-9H,3-7H2,1-2H3,(H2,20,21,22);1H. The smallest absolute Gasteiger partial charge is 0.226 e. The number of aryl methyl sites for hydroxylation is 2. The lowest BCUT2D eigenvalue weighted by molar-refractivity contribution is 0.322. The van der Waals surface area contributed by atoms with Crippen molar-refractivity contribution in [1.29, 1.82) is 0 Å². The molecule has 0 fully saturated rings. The summed E-state index contributed by atoms with van der Waals surface area (Å²) in [6, 6.07) is 3.17. The molecule has 150 valence electrons. The molecule has 0 saturated carbocycles. The minimum absolute atomic E-state index is 0. The molecule has 27 heavy (non-hydrogen) atoms. The molecular formula is C16H21Cl3IN5O2. The van der Waals surface area contributed by atoms with Crippen LogP contribution < -0.4 is 15.4 Å². The van der Waals surface area contributed by atoms with Gasteiger partial charge in [0, 0.05) is 25.0 Å². The van der Waals surface area contributed by atoms with Crippen LogP contribution in [-0.4, -0.2) is 42.8 Å². The molecule has 0 aliphatic rings. The highest BCUT2D eigenvalue weighted by Gasteiger charge is 2.09. The summed E-state index contributed by atoms with van der Waals surface area (Å²) in [4.78, 5) is 8.30. The third-order valence-electron chi connectivity index (χ3n) is 3.26. The van der Waals surface area contributed by atoms with E-state index < -0.39 is 0 Å². The van der Waals surface area contributed by atoms with E-state index in [2.05, 4.69) is 25.8 Å². The van der Waals surface area contributed by atoms with Gasteiger partial charge in [0.05, 0.1) is 16.6 Å². The van der Waals surface area contributed by atoms with Gasteiger partial charge < -0.3 is 19.9 Å². The molecule has 0 amide bonds. The van der Waals surface area contributed by atoms with E-state index in [1.165, 1.54) is 0 Å². The second-order valence-electron chi connectivity index (χ2n) is 5.31. The molecule has 2 N–H and O–H groups in total. The minimum Gasteiger partial charge on any atom is -0.489 e. The quantitative estimate of drug-likeness (QED) is 0.223. The highest BCUT2D eigenvalue weighted by Crippen LogP contribution is 2.35. The molecule has 1 heterocycles. The van der Waals surface area contributed by atoms with E-state index in [-0.39, 0.29) is 24.0 Å². The molecule has 0 spiro atoms. The molecule has 0 aliphatic carbocycles. The number of halogens is 4. The third kappa shape index (κ3) is 8.28. The molecule has 0 bridgehead atoms. The first-order valence-corrected chi connectivity index (χ1v) is 9.14. The molecule has 1 aromatic carbocycles. The summed E-state index contributed by atoms with van der Waals surface area (Å²) in [6.07, 6.45) is 1.55. The number of aliphatic imine (C=N–C) groups is 1. The van der Waals surface area contributed by atoms with Gasteiger partial charge in [-0.1, -0.05) is 40.0 Å². The monoisotopic (exact) mass is 547 g/mol. The number of ether oxygens (including phenoxy) is 1. The summed E-state index contributed by atoms with van der Waals surface area (Å²) >= 11 is 18.0.